The maximum Gasteiger partial charge on any atom is 0.0798 e. The zero-order valence-corrected chi connectivity index (χ0v) is 13.3. The lowest BCUT2D eigenvalue weighted by Crippen LogP contribution is -2.21. The minimum absolute atomic E-state index is 0.918. The molecule has 0 atom stereocenters. The molecule has 0 saturated heterocycles. The van der Waals surface area contributed by atoms with Crippen molar-refractivity contribution in [3.8, 4) is 0 Å². The molecule has 1 heterocycles. The Kier molecular flexibility index (Phi) is 5.56. The Morgan fingerprint density at radius 1 is 1.30 bits per heavy atom. The third kappa shape index (κ3) is 3.81. The maximum absolute atomic E-state index is 4.33. The molecule has 2 aromatic rings. The number of para-hydroxylation sites is 1. The van der Waals surface area contributed by atoms with Gasteiger partial charge in [0.25, 0.3) is 0 Å². The van der Waals surface area contributed by atoms with Gasteiger partial charge in [-0.25, -0.2) is 4.98 Å². The molecule has 0 fully saturated rings. The number of aromatic nitrogens is 1. The Balaban J connectivity index is 2.08. The molecule has 0 aliphatic rings. The van der Waals surface area contributed by atoms with E-state index in [9.17, 15) is 0 Å². The first kappa shape index (κ1) is 15.0. The topological polar surface area (TPSA) is 28.2 Å². The van der Waals surface area contributed by atoms with E-state index in [1.165, 1.54) is 16.1 Å². The summed E-state index contributed by atoms with van der Waals surface area (Å²) in [5.41, 5.74) is 5.71. The van der Waals surface area contributed by atoms with Crippen molar-refractivity contribution in [3.05, 3.63) is 45.9 Å². The summed E-state index contributed by atoms with van der Waals surface area (Å²) in [6.45, 7) is 7.18. The number of nitrogens with one attached hydrogen (secondary N) is 1. The van der Waals surface area contributed by atoms with Crippen LogP contribution in [0, 0.1) is 6.92 Å². The number of rotatable bonds is 7. The molecule has 1 aromatic carbocycles. The monoisotopic (exact) mass is 289 g/mol. The summed E-state index contributed by atoms with van der Waals surface area (Å²) in [4.78, 5) is 7.97. The predicted octanol–water partition coefficient (Wildman–Crippen LogP) is 3.59. The Labute approximate surface area is 125 Å². The highest BCUT2D eigenvalue weighted by molar-refractivity contribution is 7.09. The molecular formula is C16H23N3S. The summed E-state index contributed by atoms with van der Waals surface area (Å²) in [5, 5.41) is 3.48. The van der Waals surface area contributed by atoms with Crippen molar-refractivity contribution in [2.75, 3.05) is 18.5 Å². The summed E-state index contributed by atoms with van der Waals surface area (Å²) in [6, 6.07) is 8.61. The van der Waals surface area contributed by atoms with Crippen LogP contribution < -0.4 is 10.2 Å². The lowest BCUT2D eigenvalue weighted by atomic mass is 10.1. The number of hydrogen-bond acceptors (Lipinski definition) is 4. The van der Waals surface area contributed by atoms with Crippen LogP contribution in [0.15, 0.2) is 29.8 Å². The van der Waals surface area contributed by atoms with E-state index >= 15 is 0 Å². The summed E-state index contributed by atoms with van der Waals surface area (Å²) in [7, 11) is 2.15. The van der Waals surface area contributed by atoms with Gasteiger partial charge in [-0.05, 0) is 31.5 Å². The van der Waals surface area contributed by atoms with Gasteiger partial charge in [0.1, 0.15) is 0 Å². The molecule has 3 nitrogen and oxygen atoms in total. The molecule has 0 aliphatic carbocycles. The maximum atomic E-state index is 4.33. The van der Waals surface area contributed by atoms with E-state index in [-0.39, 0.29) is 0 Å². The molecule has 0 amide bonds. The smallest absolute Gasteiger partial charge is 0.0798 e. The van der Waals surface area contributed by atoms with E-state index in [1.807, 2.05) is 5.51 Å². The van der Waals surface area contributed by atoms with E-state index in [2.05, 4.69) is 60.4 Å². The second-order valence-corrected chi connectivity index (χ2v) is 5.96. The van der Waals surface area contributed by atoms with Crippen LogP contribution in [0.5, 0.6) is 0 Å². The van der Waals surface area contributed by atoms with Crippen molar-refractivity contribution in [3.63, 3.8) is 0 Å². The van der Waals surface area contributed by atoms with Gasteiger partial charge in [0.2, 0.25) is 0 Å². The van der Waals surface area contributed by atoms with Gasteiger partial charge >= 0.3 is 0 Å². The first-order valence-corrected chi connectivity index (χ1v) is 7.99. The number of thiazole rings is 1. The summed E-state index contributed by atoms with van der Waals surface area (Å²) < 4.78 is 0. The van der Waals surface area contributed by atoms with Crippen LogP contribution in [0.3, 0.4) is 0 Å². The quantitative estimate of drug-likeness (QED) is 0.790. The normalized spacial score (nSPS) is 10.8. The van der Waals surface area contributed by atoms with Crippen molar-refractivity contribution in [1.29, 1.82) is 0 Å². The molecule has 1 aromatic heterocycles. The fourth-order valence-electron chi connectivity index (χ4n) is 2.21. The van der Waals surface area contributed by atoms with Crippen LogP contribution in [0.2, 0.25) is 0 Å². The minimum atomic E-state index is 0.918. The van der Waals surface area contributed by atoms with Crippen LogP contribution in [-0.4, -0.2) is 18.6 Å². The van der Waals surface area contributed by atoms with Crippen molar-refractivity contribution in [2.24, 2.45) is 0 Å². The molecule has 1 N–H and O–H groups in total. The number of aryl methyl sites for hydroxylation is 1. The van der Waals surface area contributed by atoms with Gasteiger partial charge in [-0.2, -0.15) is 0 Å². The lowest BCUT2D eigenvalue weighted by molar-refractivity contribution is 0.674. The zero-order chi connectivity index (χ0) is 14.4. The number of nitrogens with zero attached hydrogens (tertiary/aromatic N) is 2. The Morgan fingerprint density at radius 2 is 2.10 bits per heavy atom. The average molecular weight is 289 g/mol. The molecule has 0 radical (unpaired) electrons. The number of anilines is 1. The molecular weight excluding hydrogens is 266 g/mol. The van der Waals surface area contributed by atoms with Crippen LogP contribution in [0.4, 0.5) is 5.69 Å². The predicted molar refractivity (Wildman–Crippen MR) is 87.4 cm³/mol. The Morgan fingerprint density at radius 3 is 2.80 bits per heavy atom. The van der Waals surface area contributed by atoms with Gasteiger partial charge in [-0.1, -0.05) is 25.1 Å². The summed E-state index contributed by atoms with van der Waals surface area (Å²) in [6.07, 6.45) is 1.16. The van der Waals surface area contributed by atoms with Gasteiger partial charge in [0, 0.05) is 24.2 Å². The van der Waals surface area contributed by atoms with Crippen molar-refractivity contribution in [2.45, 2.75) is 33.4 Å². The van der Waals surface area contributed by atoms with Gasteiger partial charge in [-0.3, -0.25) is 0 Å². The van der Waals surface area contributed by atoms with Gasteiger partial charge in [0.05, 0.1) is 17.7 Å². The van der Waals surface area contributed by atoms with Gasteiger partial charge < -0.3 is 10.2 Å². The molecule has 0 spiro atoms. The molecule has 4 heteroatoms. The average Bonchev–Trinajstić information content (AvgIpc) is 2.85. The Hall–Kier alpha value is -1.39. The van der Waals surface area contributed by atoms with Crippen molar-refractivity contribution >= 4 is 17.0 Å². The fourth-order valence-corrected chi connectivity index (χ4v) is 3.04. The third-order valence-electron chi connectivity index (χ3n) is 3.37. The molecule has 0 unspecified atom stereocenters. The third-order valence-corrected chi connectivity index (χ3v) is 4.29. The highest BCUT2D eigenvalue weighted by atomic mass is 32.1. The second-order valence-electron chi connectivity index (χ2n) is 5.02. The number of benzene rings is 1. The first-order chi connectivity index (χ1) is 9.72. The van der Waals surface area contributed by atoms with Crippen LogP contribution in [0.1, 0.15) is 29.5 Å². The molecule has 0 bridgehead atoms. The molecule has 108 valence electrons. The van der Waals surface area contributed by atoms with Crippen LogP contribution >= 0.6 is 11.3 Å². The van der Waals surface area contributed by atoms with E-state index in [0.29, 0.717) is 0 Å². The van der Waals surface area contributed by atoms with Crippen LogP contribution in [0.25, 0.3) is 0 Å². The highest BCUT2D eigenvalue weighted by Crippen LogP contribution is 2.23. The van der Waals surface area contributed by atoms with E-state index in [1.54, 1.807) is 11.3 Å². The van der Waals surface area contributed by atoms with Crippen molar-refractivity contribution in [1.82, 2.24) is 10.3 Å². The zero-order valence-electron chi connectivity index (χ0n) is 12.5. The van der Waals surface area contributed by atoms with E-state index < -0.39 is 0 Å². The largest absolute Gasteiger partial charge is 0.369 e. The molecule has 2 rings (SSSR count). The molecule has 0 saturated carbocycles. The molecule has 0 aliphatic heterocycles. The van der Waals surface area contributed by atoms with Gasteiger partial charge in [0.15, 0.2) is 0 Å². The number of hydrogen-bond donors (Lipinski definition) is 1. The SMILES string of the molecule is CCCNCc1ccccc1N(C)Cc1scnc1C. The summed E-state index contributed by atoms with van der Waals surface area (Å²) >= 11 is 1.73. The fraction of sp³-hybridized carbons (Fsp3) is 0.438. The molecule has 20 heavy (non-hydrogen) atoms. The first-order valence-electron chi connectivity index (χ1n) is 7.11. The van der Waals surface area contributed by atoms with Gasteiger partial charge in [-0.15, -0.1) is 11.3 Å². The van der Waals surface area contributed by atoms with E-state index in [0.717, 1.165) is 31.7 Å². The van der Waals surface area contributed by atoms with E-state index in [4.69, 9.17) is 0 Å². The Bertz CT molecular complexity index is 536. The summed E-state index contributed by atoms with van der Waals surface area (Å²) in [5.74, 6) is 0. The standard InChI is InChI=1S/C16H23N3S/c1-4-9-17-10-14-7-5-6-8-15(14)19(3)11-16-13(2)18-12-20-16/h5-8,12,17H,4,9-11H2,1-3H3. The van der Waals surface area contributed by atoms with Crippen LogP contribution in [-0.2, 0) is 13.1 Å². The highest BCUT2D eigenvalue weighted by Gasteiger charge is 2.09. The van der Waals surface area contributed by atoms with Crippen molar-refractivity contribution < 1.29 is 0 Å². The second kappa shape index (κ2) is 7.41. The lowest BCUT2D eigenvalue weighted by Gasteiger charge is -2.22. The minimum Gasteiger partial charge on any atom is -0.369 e.